The number of ether oxygens (including phenoxy) is 2. The van der Waals surface area contributed by atoms with Crippen molar-refractivity contribution in [3.63, 3.8) is 0 Å². The molecule has 2 rings (SSSR count). The van der Waals surface area contributed by atoms with Gasteiger partial charge in [-0.3, -0.25) is 0 Å². The molecule has 0 bridgehead atoms. The minimum absolute atomic E-state index is 0.165. The maximum atomic E-state index is 11.0. The van der Waals surface area contributed by atoms with Gasteiger partial charge in [-0.1, -0.05) is 11.6 Å². The molecule has 0 saturated heterocycles. The van der Waals surface area contributed by atoms with E-state index < -0.39 is 5.97 Å². The van der Waals surface area contributed by atoms with Crippen LogP contribution in [0.5, 0.6) is 11.5 Å². The van der Waals surface area contributed by atoms with E-state index in [9.17, 15) is 4.79 Å². The summed E-state index contributed by atoms with van der Waals surface area (Å²) in [6.07, 6.45) is 0. The molecule has 0 heterocycles. The highest BCUT2D eigenvalue weighted by atomic mass is 35.5. The largest absolute Gasteiger partial charge is 0.496 e. The van der Waals surface area contributed by atoms with E-state index in [0.29, 0.717) is 16.5 Å². The number of hydrogen-bond donors (Lipinski definition) is 1. The molecule has 4 nitrogen and oxygen atoms in total. The lowest BCUT2D eigenvalue weighted by Crippen LogP contribution is -1.98. The van der Waals surface area contributed by atoms with Crippen LogP contribution < -0.4 is 9.47 Å². The van der Waals surface area contributed by atoms with Crippen LogP contribution in [0.2, 0.25) is 5.02 Å². The number of benzene rings is 2. The number of halogens is 1. The fraction of sp³-hybridized carbons (Fsp3) is 0.133. The maximum absolute atomic E-state index is 11.0. The normalized spacial score (nSPS) is 10.2. The Hall–Kier alpha value is -2.20. The Kier molecular flexibility index (Phi) is 4.15. The second kappa shape index (κ2) is 5.84. The third kappa shape index (κ3) is 2.70. The van der Waals surface area contributed by atoms with Gasteiger partial charge in [0.1, 0.15) is 11.5 Å². The first-order valence-corrected chi connectivity index (χ1v) is 6.20. The van der Waals surface area contributed by atoms with Crippen LogP contribution in [-0.4, -0.2) is 25.3 Å². The van der Waals surface area contributed by atoms with Gasteiger partial charge in [-0.25, -0.2) is 4.79 Å². The molecule has 2 aromatic carbocycles. The average molecular weight is 293 g/mol. The zero-order valence-electron chi connectivity index (χ0n) is 11.0. The van der Waals surface area contributed by atoms with E-state index in [-0.39, 0.29) is 5.56 Å². The monoisotopic (exact) mass is 292 g/mol. The molecule has 0 fully saturated rings. The molecule has 0 aliphatic heterocycles. The number of methoxy groups -OCH3 is 2. The summed E-state index contributed by atoms with van der Waals surface area (Å²) in [5.41, 5.74) is 1.69. The highest BCUT2D eigenvalue weighted by Gasteiger charge is 2.14. The number of carboxylic acids is 1. The molecule has 0 radical (unpaired) electrons. The summed E-state index contributed by atoms with van der Waals surface area (Å²) in [6, 6.07) is 9.93. The van der Waals surface area contributed by atoms with Crippen LogP contribution in [0, 0.1) is 0 Å². The minimum atomic E-state index is -1.00. The van der Waals surface area contributed by atoms with Crippen molar-refractivity contribution in [1.82, 2.24) is 0 Å². The van der Waals surface area contributed by atoms with E-state index in [1.165, 1.54) is 19.2 Å². The lowest BCUT2D eigenvalue weighted by molar-refractivity contribution is 0.0696. The van der Waals surface area contributed by atoms with Gasteiger partial charge >= 0.3 is 5.97 Å². The fourth-order valence-electron chi connectivity index (χ4n) is 1.93. The summed E-state index contributed by atoms with van der Waals surface area (Å²) in [5.74, 6) is 0.0577. The second-order valence-electron chi connectivity index (χ2n) is 4.06. The zero-order chi connectivity index (χ0) is 14.7. The first-order chi connectivity index (χ1) is 9.56. The second-order valence-corrected chi connectivity index (χ2v) is 4.50. The van der Waals surface area contributed by atoms with Crippen molar-refractivity contribution in [3.05, 3.63) is 47.0 Å². The number of rotatable bonds is 4. The quantitative estimate of drug-likeness (QED) is 0.933. The Morgan fingerprint density at radius 1 is 1.00 bits per heavy atom. The third-order valence-electron chi connectivity index (χ3n) is 2.90. The summed E-state index contributed by atoms with van der Waals surface area (Å²) >= 11 is 5.93. The summed E-state index contributed by atoms with van der Waals surface area (Å²) in [5, 5.41) is 9.57. The summed E-state index contributed by atoms with van der Waals surface area (Å²) < 4.78 is 10.6. The van der Waals surface area contributed by atoms with E-state index in [1.54, 1.807) is 31.4 Å². The van der Waals surface area contributed by atoms with Gasteiger partial charge in [0.05, 0.1) is 19.8 Å². The SMILES string of the molecule is COc1cc(Cl)ccc1-c1ccc(C(=O)O)cc1OC. The molecule has 104 valence electrons. The molecule has 0 aromatic heterocycles. The molecule has 20 heavy (non-hydrogen) atoms. The van der Waals surface area contributed by atoms with Gasteiger partial charge in [0.2, 0.25) is 0 Å². The van der Waals surface area contributed by atoms with Gasteiger partial charge < -0.3 is 14.6 Å². The lowest BCUT2D eigenvalue weighted by Gasteiger charge is -2.13. The predicted octanol–water partition coefficient (Wildman–Crippen LogP) is 3.72. The van der Waals surface area contributed by atoms with Crippen molar-refractivity contribution in [2.24, 2.45) is 0 Å². The van der Waals surface area contributed by atoms with Crippen LogP contribution in [0.25, 0.3) is 11.1 Å². The van der Waals surface area contributed by atoms with Gasteiger partial charge in [-0.15, -0.1) is 0 Å². The summed E-state index contributed by atoms with van der Waals surface area (Å²) in [4.78, 5) is 11.0. The van der Waals surface area contributed by atoms with Crippen molar-refractivity contribution in [1.29, 1.82) is 0 Å². The maximum Gasteiger partial charge on any atom is 0.335 e. The summed E-state index contributed by atoms with van der Waals surface area (Å²) in [7, 11) is 3.04. The Bertz CT molecular complexity index is 652. The molecule has 2 aromatic rings. The van der Waals surface area contributed by atoms with Crippen LogP contribution in [0.15, 0.2) is 36.4 Å². The number of aromatic carboxylic acids is 1. The van der Waals surface area contributed by atoms with Crippen molar-refractivity contribution >= 4 is 17.6 Å². The van der Waals surface area contributed by atoms with Gasteiger partial charge in [0.15, 0.2) is 0 Å². The molecule has 0 atom stereocenters. The van der Waals surface area contributed by atoms with Gasteiger partial charge in [0.25, 0.3) is 0 Å². The lowest BCUT2D eigenvalue weighted by atomic mass is 10.0. The average Bonchev–Trinajstić information content (AvgIpc) is 2.46. The Labute approximate surface area is 121 Å². The highest BCUT2D eigenvalue weighted by Crippen LogP contribution is 2.38. The van der Waals surface area contributed by atoms with E-state index in [1.807, 2.05) is 0 Å². The van der Waals surface area contributed by atoms with Crippen LogP contribution in [0.1, 0.15) is 10.4 Å². The highest BCUT2D eigenvalue weighted by molar-refractivity contribution is 6.30. The molecule has 0 unspecified atom stereocenters. The topological polar surface area (TPSA) is 55.8 Å². The predicted molar refractivity (Wildman–Crippen MR) is 77.0 cm³/mol. The van der Waals surface area contributed by atoms with Crippen molar-refractivity contribution < 1.29 is 19.4 Å². The Balaban J connectivity index is 2.60. The minimum Gasteiger partial charge on any atom is -0.496 e. The van der Waals surface area contributed by atoms with Crippen molar-refractivity contribution in [2.45, 2.75) is 0 Å². The number of carboxylic acid groups (broad SMARTS) is 1. The fourth-order valence-corrected chi connectivity index (χ4v) is 2.10. The molecule has 0 amide bonds. The van der Waals surface area contributed by atoms with Gasteiger partial charge in [0, 0.05) is 16.1 Å². The molecule has 0 saturated carbocycles. The zero-order valence-corrected chi connectivity index (χ0v) is 11.8. The molecular formula is C15H13ClO4. The van der Waals surface area contributed by atoms with Crippen molar-refractivity contribution in [3.8, 4) is 22.6 Å². The van der Waals surface area contributed by atoms with Crippen LogP contribution in [-0.2, 0) is 0 Å². The van der Waals surface area contributed by atoms with Crippen LogP contribution >= 0.6 is 11.6 Å². The van der Waals surface area contributed by atoms with E-state index in [4.69, 9.17) is 26.2 Å². The first-order valence-electron chi connectivity index (χ1n) is 5.82. The van der Waals surface area contributed by atoms with E-state index in [0.717, 1.165) is 11.1 Å². The standard InChI is InChI=1S/C15H13ClO4/c1-19-13-7-9(15(17)18)3-5-11(13)12-6-4-10(16)8-14(12)20-2/h3-8H,1-2H3,(H,17,18). The third-order valence-corrected chi connectivity index (χ3v) is 3.14. The Morgan fingerprint density at radius 2 is 1.55 bits per heavy atom. The smallest absolute Gasteiger partial charge is 0.335 e. The molecular weight excluding hydrogens is 280 g/mol. The van der Waals surface area contributed by atoms with Crippen molar-refractivity contribution in [2.75, 3.05) is 14.2 Å². The first kappa shape index (κ1) is 14.2. The van der Waals surface area contributed by atoms with E-state index >= 15 is 0 Å². The van der Waals surface area contributed by atoms with Gasteiger partial charge in [-0.05, 0) is 36.4 Å². The number of hydrogen-bond acceptors (Lipinski definition) is 3. The summed E-state index contributed by atoms with van der Waals surface area (Å²) in [6.45, 7) is 0. The van der Waals surface area contributed by atoms with Crippen LogP contribution in [0.4, 0.5) is 0 Å². The van der Waals surface area contributed by atoms with Gasteiger partial charge in [-0.2, -0.15) is 0 Å². The molecule has 0 aliphatic rings. The number of carbonyl (C=O) groups is 1. The molecule has 0 spiro atoms. The molecule has 0 aliphatic carbocycles. The van der Waals surface area contributed by atoms with E-state index in [2.05, 4.69) is 0 Å². The molecule has 5 heteroatoms. The Morgan fingerprint density at radius 3 is 2.10 bits per heavy atom. The van der Waals surface area contributed by atoms with Crippen LogP contribution in [0.3, 0.4) is 0 Å². The molecule has 1 N–H and O–H groups in total.